The average molecular weight is 325 g/mol. The van der Waals surface area contributed by atoms with Gasteiger partial charge in [0, 0.05) is 19.4 Å². The van der Waals surface area contributed by atoms with E-state index in [-0.39, 0.29) is 16.7 Å². The van der Waals surface area contributed by atoms with Crippen LogP contribution in [0.25, 0.3) is 0 Å². The Morgan fingerprint density at radius 2 is 2.05 bits per heavy atom. The minimum Gasteiger partial charge on any atom is -0.339 e. The highest BCUT2D eigenvalue weighted by Crippen LogP contribution is 2.39. The van der Waals surface area contributed by atoms with Gasteiger partial charge in [-0.25, -0.2) is 8.42 Å². The SMILES string of the molecule is CC(C)Cc1nc(CS(=O)(=O)c2nnc(C3CC3)n2C)no1. The van der Waals surface area contributed by atoms with Gasteiger partial charge in [0.25, 0.3) is 0 Å². The van der Waals surface area contributed by atoms with Gasteiger partial charge in [-0.3, -0.25) is 0 Å². The van der Waals surface area contributed by atoms with Crippen LogP contribution in [0.5, 0.6) is 0 Å². The number of rotatable bonds is 6. The van der Waals surface area contributed by atoms with Crippen LogP contribution in [-0.2, 0) is 29.1 Å². The summed E-state index contributed by atoms with van der Waals surface area (Å²) in [6.45, 7) is 4.05. The largest absolute Gasteiger partial charge is 0.339 e. The lowest BCUT2D eigenvalue weighted by Gasteiger charge is -2.02. The Morgan fingerprint density at radius 1 is 1.32 bits per heavy atom. The number of hydrogen-bond donors (Lipinski definition) is 0. The number of hydrogen-bond acceptors (Lipinski definition) is 7. The first-order valence-corrected chi connectivity index (χ1v) is 8.95. The molecule has 1 fully saturated rings. The second-order valence-electron chi connectivity index (χ2n) is 6.14. The summed E-state index contributed by atoms with van der Waals surface area (Å²) in [4.78, 5) is 4.13. The van der Waals surface area contributed by atoms with Gasteiger partial charge in [-0.2, -0.15) is 4.98 Å². The second kappa shape index (κ2) is 5.45. The van der Waals surface area contributed by atoms with Gasteiger partial charge >= 0.3 is 0 Å². The molecule has 0 aromatic carbocycles. The first-order chi connectivity index (χ1) is 10.4. The van der Waals surface area contributed by atoms with E-state index in [4.69, 9.17) is 4.52 Å². The molecule has 0 saturated heterocycles. The van der Waals surface area contributed by atoms with Crippen molar-refractivity contribution in [3.05, 3.63) is 17.5 Å². The smallest absolute Gasteiger partial charge is 0.249 e. The number of aromatic nitrogens is 5. The fourth-order valence-corrected chi connectivity index (χ4v) is 3.57. The summed E-state index contributed by atoms with van der Waals surface area (Å²) in [6.07, 6.45) is 2.70. The fourth-order valence-electron chi connectivity index (χ4n) is 2.31. The maximum atomic E-state index is 12.5. The molecule has 22 heavy (non-hydrogen) atoms. The molecule has 0 atom stereocenters. The zero-order chi connectivity index (χ0) is 15.9. The molecule has 0 amide bonds. The zero-order valence-corrected chi connectivity index (χ0v) is 13.7. The van der Waals surface area contributed by atoms with Crippen molar-refractivity contribution < 1.29 is 12.9 Å². The minimum absolute atomic E-state index is 0.0374. The molecule has 3 rings (SSSR count). The Bertz CT molecular complexity index is 773. The molecule has 8 nitrogen and oxygen atoms in total. The molecule has 1 aliphatic rings. The average Bonchev–Trinajstić information content (AvgIpc) is 3.04. The quantitative estimate of drug-likeness (QED) is 0.787. The predicted molar refractivity (Wildman–Crippen MR) is 76.7 cm³/mol. The summed E-state index contributed by atoms with van der Waals surface area (Å²) in [5.41, 5.74) is 0. The second-order valence-corrected chi connectivity index (χ2v) is 8.02. The van der Waals surface area contributed by atoms with Crippen molar-refractivity contribution >= 4 is 9.84 Å². The van der Waals surface area contributed by atoms with E-state index in [0.29, 0.717) is 24.1 Å². The van der Waals surface area contributed by atoms with E-state index in [2.05, 4.69) is 20.3 Å². The van der Waals surface area contributed by atoms with E-state index in [1.54, 1.807) is 11.6 Å². The van der Waals surface area contributed by atoms with Crippen molar-refractivity contribution in [1.82, 2.24) is 24.9 Å². The maximum Gasteiger partial charge on any atom is 0.249 e. The Morgan fingerprint density at radius 3 is 2.68 bits per heavy atom. The molecule has 0 radical (unpaired) electrons. The number of sulfone groups is 1. The normalized spacial score (nSPS) is 15.6. The van der Waals surface area contributed by atoms with Crippen molar-refractivity contribution in [2.24, 2.45) is 13.0 Å². The van der Waals surface area contributed by atoms with E-state index in [9.17, 15) is 8.42 Å². The van der Waals surface area contributed by atoms with Gasteiger partial charge in [-0.1, -0.05) is 19.0 Å². The van der Waals surface area contributed by atoms with Gasteiger partial charge in [-0.05, 0) is 18.8 Å². The van der Waals surface area contributed by atoms with Gasteiger partial charge in [0.1, 0.15) is 11.6 Å². The molecule has 120 valence electrons. The summed E-state index contributed by atoms with van der Waals surface area (Å²) < 4.78 is 31.6. The van der Waals surface area contributed by atoms with Gasteiger partial charge in [0.05, 0.1) is 0 Å². The van der Waals surface area contributed by atoms with Crippen LogP contribution in [0.1, 0.15) is 50.1 Å². The summed E-state index contributed by atoms with van der Waals surface area (Å²) in [5, 5.41) is 11.5. The molecular formula is C13H19N5O3S. The first-order valence-electron chi connectivity index (χ1n) is 7.30. The molecule has 0 aliphatic heterocycles. The highest BCUT2D eigenvalue weighted by molar-refractivity contribution is 7.90. The van der Waals surface area contributed by atoms with Crippen molar-refractivity contribution in [3.8, 4) is 0 Å². The standard InChI is InChI=1S/C13H19N5O3S/c1-8(2)6-11-14-10(17-21-11)7-22(19,20)13-16-15-12(18(13)3)9-4-5-9/h8-9H,4-7H2,1-3H3. The summed E-state index contributed by atoms with van der Waals surface area (Å²) in [7, 11) is -1.96. The monoisotopic (exact) mass is 325 g/mol. The van der Waals surface area contributed by atoms with Crippen LogP contribution in [0.2, 0.25) is 0 Å². The van der Waals surface area contributed by atoms with Crippen LogP contribution >= 0.6 is 0 Å². The minimum atomic E-state index is -3.64. The van der Waals surface area contributed by atoms with E-state index < -0.39 is 9.84 Å². The molecule has 2 aromatic rings. The van der Waals surface area contributed by atoms with Crippen LogP contribution in [0.4, 0.5) is 0 Å². The number of nitrogens with zero attached hydrogens (tertiary/aromatic N) is 5. The summed E-state index contributed by atoms with van der Waals surface area (Å²) in [6, 6.07) is 0. The molecule has 2 heterocycles. The van der Waals surface area contributed by atoms with Crippen molar-refractivity contribution in [2.45, 2.75) is 49.9 Å². The highest BCUT2D eigenvalue weighted by Gasteiger charge is 2.33. The lowest BCUT2D eigenvalue weighted by Crippen LogP contribution is -2.13. The lowest BCUT2D eigenvalue weighted by atomic mass is 10.1. The topological polar surface area (TPSA) is 104 Å². The van der Waals surface area contributed by atoms with Crippen LogP contribution < -0.4 is 0 Å². The Kier molecular flexibility index (Phi) is 3.75. The molecule has 2 aromatic heterocycles. The molecule has 0 unspecified atom stereocenters. The fraction of sp³-hybridized carbons (Fsp3) is 0.692. The lowest BCUT2D eigenvalue weighted by molar-refractivity contribution is 0.359. The van der Waals surface area contributed by atoms with Gasteiger partial charge < -0.3 is 9.09 Å². The van der Waals surface area contributed by atoms with E-state index in [1.165, 1.54) is 0 Å². The van der Waals surface area contributed by atoms with E-state index in [1.807, 2.05) is 13.8 Å². The molecular weight excluding hydrogens is 306 g/mol. The van der Waals surface area contributed by atoms with Crippen molar-refractivity contribution in [3.63, 3.8) is 0 Å². The third-order valence-electron chi connectivity index (χ3n) is 3.50. The van der Waals surface area contributed by atoms with Gasteiger partial charge in [0.15, 0.2) is 5.82 Å². The van der Waals surface area contributed by atoms with Crippen molar-refractivity contribution in [2.75, 3.05) is 0 Å². The van der Waals surface area contributed by atoms with Gasteiger partial charge in [0.2, 0.25) is 20.9 Å². The molecule has 0 spiro atoms. The maximum absolute atomic E-state index is 12.5. The van der Waals surface area contributed by atoms with E-state index >= 15 is 0 Å². The Labute approximate surface area is 128 Å². The zero-order valence-electron chi connectivity index (χ0n) is 12.9. The Hall–Kier alpha value is -1.77. The molecule has 1 aliphatic carbocycles. The Balaban J connectivity index is 1.80. The summed E-state index contributed by atoms with van der Waals surface area (Å²) >= 11 is 0. The molecule has 0 bridgehead atoms. The van der Waals surface area contributed by atoms with Crippen LogP contribution in [0.3, 0.4) is 0 Å². The third kappa shape index (κ3) is 3.03. The van der Waals surface area contributed by atoms with E-state index in [0.717, 1.165) is 18.7 Å². The third-order valence-corrected chi connectivity index (χ3v) is 5.05. The highest BCUT2D eigenvalue weighted by atomic mass is 32.2. The van der Waals surface area contributed by atoms with Crippen LogP contribution in [0.15, 0.2) is 9.68 Å². The summed E-state index contributed by atoms with van der Waals surface area (Å²) in [5.74, 6) is 1.72. The first kappa shape index (κ1) is 15.1. The van der Waals surface area contributed by atoms with Crippen LogP contribution in [-0.4, -0.2) is 33.3 Å². The molecule has 0 N–H and O–H groups in total. The predicted octanol–water partition coefficient (Wildman–Crippen LogP) is 1.25. The van der Waals surface area contributed by atoms with Gasteiger partial charge in [-0.15, -0.1) is 10.2 Å². The molecule has 1 saturated carbocycles. The molecule has 9 heteroatoms. The van der Waals surface area contributed by atoms with Crippen LogP contribution in [0, 0.1) is 5.92 Å². The van der Waals surface area contributed by atoms with Crippen molar-refractivity contribution in [1.29, 1.82) is 0 Å².